The number of piperazine rings is 1. The number of carbonyl (C=O) groups excluding carboxylic acids is 2. The van der Waals surface area contributed by atoms with Gasteiger partial charge >= 0.3 is 0 Å². The van der Waals surface area contributed by atoms with Crippen LogP contribution < -0.4 is 5.32 Å². The van der Waals surface area contributed by atoms with Gasteiger partial charge in [-0.15, -0.1) is 11.3 Å². The highest BCUT2D eigenvalue weighted by Gasteiger charge is 2.47. The predicted octanol–water partition coefficient (Wildman–Crippen LogP) is 2.32. The molecule has 1 aromatic rings. The fourth-order valence-electron chi connectivity index (χ4n) is 3.07. The fourth-order valence-corrected chi connectivity index (χ4v) is 3.97. The van der Waals surface area contributed by atoms with Crippen LogP contribution in [0.4, 0.5) is 0 Å². The molecular weight excluding hydrogens is 284 g/mol. The van der Waals surface area contributed by atoms with E-state index in [1.165, 1.54) is 10.4 Å². The van der Waals surface area contributed by atoms with Gasteiger partial charge in [-0.2, -0.15) is 0 Å². The summed E-state index contributed by atoms with van der Waals surface area (Å²) in [5, 5.41) is 5.00. The van der Waals surface area contributed by atoms with E-state index in [9.17, 15) is 9.59 Å². The molecule has 2 heterocycles. The van der Waals surface area contributed by atoms with Crippen molar-refractivity contribution in [2.75, 3.05) is 0 Å². The molecule has 0 bridgehead atoms. The molecule has 5 heteroatoms. The maximum atomic E-state index is 12.8. The Labute approximate surface area is 129 Å². The average Bonchev–Trinajstić information content (AvgIpc) is 3.18. The molecule has 0 spiro atoms. The number of nitrogens with one attached hydrogen (secondary N) is 1. The van der Waals surface area contributed by atoms with Gasteiger partial charge < -0.3 is 10.2 Å². The maximum absolute atomic E-state index is 12.8. The number of amides is 2. The molecule has 1 saturated carbocycles. The third-order valence-corrected chi connectivity index (χ3v) is 5.47. The standard InChI is InChI=1S/C16H22N2O2S/c1-9(2)14-15(19)17-13(11-4-5-11)16(20)18(14)8-12-10(3)6-7-21-12/h6-7,9,11,13-14H,4-5,8H2,1-3H3,(H,17,19). The van der Waals surface area contributed by atoms with Crippen LogP contribution in [0.2, 0.25) is 0 Å². The predicted molar refractivity (Wildman–Crippen MR) is 82.9 cm³/mol. The molecule has 0 aromatic carbocycles. The first kappa shape index (κ1) is 14.6. The second kappa shape index (κ2) is 5.44. The maximum Gasteiger partial charge on any atom is 0.246 e. The summed E-state index contributed by atoms with van der Waals surface area (Å²) >= 11 is 1.66. The molecule has 4 nitrogen and oxygen atoms in total. The van der Waals surface area contributed by atoms with Crippen LogP contribution in [-0.2, 0) is 16.1 Å². The first-order valence-corrected chi connectivity index (χ1v) is 8.51. The van der Waals surface area contributed by atoms with Crippen molar-refractivity contribution < 1.29 is 9.59 Å². The molecule has 1 aliphatic heterocycles. The molecular formula is C16H22N2O2S. The van der Waals surface area contributed by atoms with Crippen LogP contribution in [0.25, 0.3) is 0 Å². The van der Waals surface area contributed by atoms with E-state index >= 15 is 0 Å². The molecule has 2 unspecified atom stereocenters. The summed E-state index contributed by atoms with van der Waals surface area (Å²) < 4.78 is 0. The minimum Gasteiger partial charge on any atom is -0.342 e. The lowest BCUT2D eigenvalue weighted by molar-refractivity contribution is -0.152. The zero-order valence-corrected chi connectivity index (χ0v) is 13.6. The number of thiophene rings is 1. The van der Waals surface area contributed by atoms with Gasteiger partial charge in [0.05, 0.1) is 6.54 Å². The van der Waals surface area contributed by atoms with Gasteiger partial charge in [0, 0.05) is 4.88 Å². The van der Waals surface area contributed by atoms with E-state index in [2.05, 4.69) is 18.3 Å². The molecule has 1 aliphatic carbocycles. The lowest BCUT2D eigenvalue weighted by atomic mass is 9.95. The number of aryl methyl sites for hydroxylation is 1. The van der Waals surface area contributed by atoms with Gasteiger partial charge in [0.25, 0.3) is 0 Å². The van der Waals surface area contributed by atoms with Gasteiger partial charge in [-0.25, -0.2) is 0 Å². The molecule has 1 aromatic heterocycles. The van der Waals surface area contributed by atoms with Gasteiger partial charge in [-0.1, -0.05) is 13.8 Å². The Morgan fingerprint density at radius 3 is 2.62 bits per heavy atom. The third-order valence-electron chi connectivity index (χ3n) is 4.46. The zero-order valence-electron chi connectivity index (χ0n) is 12.8. The summed E-state index contributed by atoms with van der Waals surface area (Å²) in [4.78, 5) is 28.3. The van der Waals surface area contributed by atoms with Gasteiger partial charge in [0.15, 0.2) is 0 Å². The normalized spacial score (nSPS) is 26.4. The topological polar surface area (TPSA) is 49.4 Å². The Bertz CT molecular complexity index is 562. The van der Waals surface area contributed by atoms with Crippen molar-refractivity contribution in [1.29, 1.82) is 0 Å². The summed E-state index contributed by atoms with van der Waals surface area (Å²) in [6.07, 6.45) is 2.10. The van der Waals surface area contributed by atoms with Crippen molar-refractivity contribution in [2.45, 2.75) is 52.2 Å². The molecule has 1 saturated heterocycles. The summed E-state index contributed by atoms with van der Waals surface area (Å²) in [6.45, 7) is 6.62. The molecule has 0 radical (unpaired) electrons. The largest absolute Gasteiger partial charge is 0.342 e. The quantitative estimate of drug-likeness (QED) is 0.928. The van der Waals surface area contributed by atoms with Crippen LogP contribution in [0, 0.1) is 18.8 Å². The van der Waals surface area contributed by atoms with Crippen molar-refractivity contribution in [1.82, 2.24) is 10.2 Å². The molecule has 21 heavy (non-hydrogen) atoms. The molecule has 3 rings (SSSR count). The fraction of sp³-hybridized carbons (Fsp3) is 0.625. The van der Waals surface area contributed by atoms with E-state index in [-0.39, 0.29) is 29.8 Å². The van der Waals surface area contributed by atoms with Crippen LogP contribution >= 0.6 is 11.3 Å². The molecule has 2 fully saturated rings. The summed E-state index contributed by atoms with van der Waals surface area (Å²) in [6, 6.07) is 1.42. The van der Waals surface area contributed by atoms with E-state index in [4.69, 9.17) is 0 Å². The van der Waals surface area contributed by atoms with Gasteiger partial charge in [-0.05, 0) is 48.6 Å². The van der Waals surface area contributed by atoms with Gasteiger partial charge in [0.1, 0.15) is 12.1 Å². The molecule has 114 valence electrons. The van der Waals surface area contributed by atoms with Crippen LogP contribution in [0.15, 0.2) is 11.4 Å². The Morgan fingerprint density at radius 1 is 1.38 bits per heavy atom. The van der Waals surface area contributed by atoms with Gasteiger partial charge in [-0.3, -0.25) is 9.59 Å². The highest BCUT2D eigenvalue weighted by molar-refractivity contribution is 7.10. The van der Waals surface area contributed by atoms with Crippen molar-refractivity contribution in [3.63, 3.8) is 0 Å². The second-order valence-corrected chi connectivity index (χ2v) is 7.51. The van der Waals surface area contributed by atoms with E-state index < -0.39 is 0 Å². The molecule has 2 amide bonds. The summed E-state index contributed by atoms with van der Waals surface area (Å²) in [5.74, 6) is 0.579. The second-order valence-electron chi connectivity index (χ2n) is 6.51. The SMILES string of the molecule is Cc1ccsc1CN1C(=O)C(C2CC2)NC(=O)C1C(C)C. The minimum atomic E-state index is -0.353. The number of nitrogens with zero attached hydrogens (tertiary/aromatic N) is 1. The van der Waals surface area contributed by atoms with E-state index in [0.717, 1.165) is 12.8 Å². The monoisotopic (exact) mass is 306 g/mol. The minimum absolute atomic E-state index is 0.00992. The van der Waals surface area contributed by atoms with Crippen molar-refractivity contribution in [2.24, 2.45) is 11.8 Å². The molecule has 1 N–H and O–H groups in total. The first-order chi connectivity index (χ1) is 9.99. The number of carbonyl (C=O) groups is 2. The van der Waals surface area contributed by atoms with Crippen LogP contribution in [-0.4, -0.2) is 28.8 Å². The van der Waals surface area contributed by atoms with Gasteiger partial charge in [0.2, 0.25) is 11.8 Å². The smallest absolute Gasteiger partial charge is 0.246 e. The Morgan fingerprint density at radius 2 is 2.10 bits per heavy atom. The van der Waals surface area contributed by atoms with E-state index in [1.54, 1.807) is 11.3 Å². The van der Waals surface area contributed by atoms with Crippen molar-refractivity contribution in [3.05, 3.63) is 21.9 Å². The molecule has 2 aliphatic rings. The summed E-state index contributed by atoms with van der Waals surface area (Å²) in [7, 11) is 0. The van der Waals surface area contributed by atoms with Crippen LogP contribution in [0.3, 0.4) is 0 Å². The molecule has 2 atom stereocenters. The van der Waals surface area contributed by atoms with E-state index in [1.807, 2.05) is 24.1 Å². The number of rotatable bonds is 4. The Hall–Kier alpha value is -1.36. The van der Waals surface area contributed by atoms with E-state index in [0.29, 0.717) is 12.5 Å². The average molecular weight is 306 g/mol. The third kappa shape index (κ3) is 2.71. The first-order valence-electron chi connectivity index (χ1n) is 7.63. The number of hydrogen-bond donors (Lipinski definition) is 1. The van der Waals surface area contributed by atoms with Crippen molar-refractivity contribution >= 4 is 23.2 Å². The lowest BCUT2D eigenvalue weighted by Gasteiger charge is -2.41. The zero-order chi connectivity index (χ0) is 15.1. The van der Waals surface area contributed by atoms with Crippen LogP contribution in [0.1, 0.15) is 37.1 Å². The number of hydrogen-bond acceptors (Lipinski definition) is 3. The highest BCUT2D eigenvalue weighted by atomic mass is 32.1. The Kier molecular flexibility index (Phi) is 3.78. The Balaban J connectivity index is 1.88. The summed E-state index contributed by atoms with van der Waals surface area (Å²) in [5.41, 5.74) is 1.20. The van der Waals surface area contributed by atoms with Crippen molar-refractivity contribution in [3.8, 4) is 0 Å². The van der Waals surface area contributed by atoms with Crippen LogP contribution in [0.5, 0.6) is 0 Å². The highest BCUT2D eigenvalue weighted by Crippen LogP contribution is 2.36. The lowest BCUT2D eigenvalue weighted by Crippen LogP contribution is -2.65.